The number of carbonyl (C=O) groups excluding carboxylic acids is 1. The van der Waals surface area contributed by atoms with Gasteiger partial charge in [-0.3, -0.25) is 4.79 Å². The molecular weight excluding hydrogens is 240 g/mol. The van der Waals surface area contributed by atoms with Crippen LogP contribution < -0.4 is 15.8 Å². The number of ether oxygens (including phenoxy) is 1. The lowest BCUT2D eigenvalue weighted by molar-refractivity contribution is 0.0957. The number of hydrogen-bond acceptors (Lipinski definition) is 3. The Morgan fingerprint density at radius 2 is 2.26 bits per heavy atom. The van der Waals surface area contributed by atoms with Crippen molar-refractivity contribution >= 4 is 5.91 Å². The van der Waals surface area contributed by atoms with E-state index in [0.29, 0.717) is 30.4 Å². The second-order valence-electron chi connectivity index (χ2n) is 5.22. The summed E-state index contributed by atoms with van der Waals surface area (Å²) in [6.45, 7) is 5.41. The Morgan fingerprint density at radius 1 is 1.47 bits per heavy atom. The molecule has 2 unspecified atom stereocenters. The SMILES string of the molecule is CCC(C)CC(N)c1ccc2c(c1)C(=O)NCCO2. The third-order valence-electron chi connectivity index (χ3n) is 3.67. The highest BCUT2D eigenvalue weighted by Crippen LogP contribution is 2.27. The van der Waals surface area contributed by atoms with Crippen LogP contribution in [0.3, 0.4) is 0 Å². The van der Waals surface area contributed by atoms with E-state index in [1.54, 1.807) is 0 Å². The Kier molecular flexibility index (Phi) is 4.43. The van der Waals surface area contributed by atoms with Crippen LogP contribution in [-0.4, -0.2) is 19.1 Å². The standard InChI is InChI=1S/C15H22N2O2/c1-3-10(2)8-13(16)11-4-5-14-12(9-11)15(18)17-6-7-19-14/h4-5,9-10,13H,3,6-8,16H2,1-2H3,(H,17,18). The van der Waals surface area contributed by atoms with Crippen LogP contribution in [0.15, 0.2) is 18.2 Å². The van der Waals surface area contributed by atoms with E-state index in [4.69, 9.17) is 10.5 Å². The molecule has 1 aliphatic rings. The van der Waals surface area contributed by atoms with E-state index in [1.807, 2.05) is 18.2 Å². The van der Waals surface area contributed by atoms with Gasteiger partial charge in [0.15, 0.2) is 0 Å². The van der Waals surface area contributed by atoms with Gasteiger partial charge in [-0.1, -0.05) is 26.3 Å². The molecule has 1 aromatic carbocycles. The smallest absolute Gasteiger partial charge is 0.255 e. The lowest BCUT2D eigenvalue weighted by Crippen LogP contribution is -2.24. The summed E-state index contributed by atoms with van der Waals surface area (Å²) in [6, 6.07) is 5.65. The van der Waals surface area contributed by atoms with E-state index in [2.05, 4.69) is 19.2 Å². The van der Waals surface area contributed by atoms with Crippen molar-refractivity contribution < 1.29 is 9.53 Å². The molecule has 1 amide bonds. The number of benzene rings is 1. The van der Waals surface area contributed by atoms with Crippen molar-refractivity contribution in [2.75, 3.05) is 13.2 Å². The largest absolute Gasteiger partial charge is 0.491 e. The zero-order valence-corrected chi connectivity index (χ0v) is 11.6. The second kappa shape index (κ2) is 6.06. The normalized spacial score (nSPS) is 17.7. The summed E-state index contributed by atoms with van der Waals surface area (Å²) in [5, 5.41) is 2.81. The third kappa shape index (κ3) is 3.26. The summed E-state index contributed by atoms with van der Waals surface area (Å²) in [5.74, 6) is 1.15. The van der Waals surface area contributed by atoms with Gasteiger partial charge in [-0.25, -0.2) is 0 Å². The first-order chi connectivity index (χ1) is 9.11. The Balaban J connectivity index is 2.22. The Hall–Kier alpha value is -1.55. The zero-order valence-electron chi connectivity index (χ0n) is 11.6. The van der Waals surface area contributed by atoms with E-state index < -0.39 is 0 Å². The summed E-state index contributed by atoms with van der Waals surface area (Å²) in [6.07, 6.45) is 2.04. The maximum Gasteiger partial charge on any atom is 0.255 e. The van der Waals surface area contributed by atoms with E-state index in [-0.39, 0.29) is 11.9 Å². The van der Waals surface area contributed by atoms with Crippen molar-refractivity contribution in [3.63, 3.8) is 0 Å². The van der Waals surface area contributed by atoms with Crippen molar-refractivity contribution in [2.24, 2.45) is 11.7 Å². The molecule has 104 valence electrons. The quantitative estimate of drug-likeness (QED) is 0.874. The van der Waals surface area contributed by atoms with Gasteiger partial charge in [0.05, 0.1) is 12.1 Å². The fourth-order valence-corrected chi connectivity index (χ4v) is 2.24. The fourth-order valence-electron chi connectivity index (χ4n) is 2.24. The minimum Gasteiger partial charge on any atom is -0.491 e. The van der Waals surface area contributed by atoms with Gasteiger partial charge >= 0.3 is 0 Å². The van der Waals surface area contributed by atoms with Gasteiger partial charge < -0.3 is 15.8 Å². The van der Waals surface area contributed by atoms with E-state index in [1.165, 1.54) is 0 Å². The van der Waals surface area contributed by atoms with Crippen LogP contribution in [0, 0.1) is 5.92 Å². The predicted octanol–water partition coefficient (Wildman–Crippen LogP) is 2.24. The molecule has 0 radical (unpaired) electrons. The number of amides is 1. The van der Waals surface area contributed by atoms with Crippen molar-refractivity contribution in [3.8, 4) is 5.75 Å². The summed E-state index contributed by atoms with van der Waals surface area (Å²) in [5.41, 5.74) is 7.81. The van der Waals surface area contributed by atoms with E-state index in [0.717, 1.165) is 18.4 Å². The molecule has 3 N–H and O–H groups in total. The van der Waals surface area contributed by atoms with Crippen molar-refractivity contribution in [3.05, 3.63) is 29.3 Å². The molecule has 2 atom stereocenters. The number of rotatable bonds is 4. The first kappa shape index (κ1) is 13.9. The van der Waals surface area contributed by atoms with Gasteiger partial charge in [0.2, 0.25) is 0 Å². The van der Waals surface area contributed by atoms with Gasteiger partial charge in [-0.15, -0.1) is 0 Å². The molecule has 0 aliphatic carbocycles. The molecule has 0 fully saturated rings. The Bertz CT molecular complexity index is 459. The maximum atomic E-state index is 11.9. The predicted molar refractivity (Wildman–Crippen MR) is 75.3 cm³/mol. The van der Waals surface area contributed by atoms with Crippen LogP contribution >= 0.6 is 0 Å². The van der Waals surface area contributed by atoms with Crippen molar-refractivity contribution in [2.45, 2.75) is 32.7 Å². The average Bonchev–Trinajstić information content (AvgIpc) is 2.60. The number of nitrogens with two attached hydrogens (primary N) is 1. The maximum absolute atomic E-state index is 11.9. The van der Waals surface area contributed by atoms with Gasteiger partial charge in [-0.05, 0) is 30.0 Å². The van der Waals surface area contributed by atoms with Gasteiger partial charge in [0.1, 0.15) is 12.4 Å². The molecule has 4 nitrogen and oxygen atoms in total. The molecule has 0 saturated carbocycles. The third-order valence-corrected chi connectivity index (χ3v) is 3.67. The van der Waals surface area contributed by atoms with Gasteiger partial charge in [0.25, 0.3) is 5.91 Å². The van der Waals surface area contributed by atoms with Crippen molar-refractivity contribution in [1.82, 2.24) is 5.32 Å². The monoisotopic (exact) mass is 262 g/mol. The van der Waals surface area contributed by atoms with Crippen LogP contribution in [0.4, 0.5) is 0 Å². The minimum absolute atomic E-state index is 0.0312. The topological polar surface area (TPSA) is 64.4 Å². The minimum atomic E-state index is -0.0786. The number of carbonyl (C=O) groups is 1. The molecule has 19 heavy (non-hydrogen) atoms. The lowest BCUT2D eigenvalue weighted by Gasteiger charge is -2.17. The Morgan fingerprint density at radius 3 is 3.00 bits per heavy atom. The highest BCUT2D eigenvalue weighted by molar-refractivity contribution is 5.97. The molecule has 1 aliphatic heterocycles. The number of fused-ring (bicyclic) bond motifs is 1. The zero-order chi connectivity index (χ0) is 13.8. The molecule has 0 aromatic heterocycles. The molecular formula is C15H22N2O2. The van der Waals surface area contributed by atoms with Crippen LogP contribution in [0.1, 0.15) is 48.7 Å². The lowest BCUT2D eigenvalue weighted by atomic mass is 9.94. The molecule has 0 bridgehead atoms. The first-order valence-electron chi connectivity index (χ1n) is 6.92. The van der Waals surface area contributed by atoms with Gasteiger partial charge in [0, 0.05) is 6.04 Å². The average molecular weight is 262 g/mol. The van der Waals surface area contributed by atoms with E-state index >= 15 is 0 Å². The molecule has 1 aromatic rings. The number of nitrogens with one attached hydrogen (secondary N) is 1. The second-order valence-corrected chi connectivity index (χ2v) is 5.22. The fraction of sp³-hybridized carbons (Fsp3) is 0.533. The number of hydrogen-bond donors (Lipinski definition) is 2. The summed E-state index contributed by atoms with van der Waals surface area (Å²) >= 11 is 0. The van der Waals surface area contributed by atoms with Crippen LogP contribution in [0.5, 0.6) is 5.75 Å². The Labute approximate surface area is 114 Å². The van der Waals surface area contributed by atoms with Crippen LogP contribution in [0.2, 0.25) is 0 Å². The summed E-state index contributed by atoms with van der Waals surface area (Å²) in [4.78, 5) is 11.9. The molecule has 0 spiro atoms. The van der Waals surface area contributed by atoms with Crippen molar-refractivity contribution in [1.29, 1.82) is 0 Å². The molecule has 2 rings (SSSR count). The van der Waals surface area contributed by atoms with Gasteiger partial charge in [-0.2, -0.15) is 0 Å². The van der Waals surface area contributed by atoms with E-state index in [9.17, 15) is 4.79 Å². The summed E-state index contributed by atoms with van der Waals surface area (Å²) in [7, 11) is 0. The van der Waals surface area contributed by atoms with Crippen LogP contribution in [0.25, 0.3) is 0 Å². The highest BCUT2D eigenvalue weighted by Gasteiger charge is 2.19. The first-order valence-corrected chi connectivity index (χ1v) is 6.92. The molecule has 4 heteroatoms. The molecule has 1 heterocycles. The highest BCUT2D eigenvalue weighted by atomic mass is 16.5. The van der Waals surface area contributed by atoms with Crippen LogP contribution in [-0.2, 0) is 0 Å². The summed E-state index contributed by atoms with van der Waals surface area (Å²) < 4.78 is 5.53. The molecule has 0 saturated heterocycles.